The molecule has 5 heteroatoms. The van der Waals surface area contributed by atoms with Crippen LogP contribution in [0.25, 0.3) is 0 Å². The van der Waals surface area contributed by atoms with Gasteiger partial charge in [0, 0.05) is 27.2 Å². The van der Waals surface area contributed by atoms with Crippen LogP contribution in [0.2, 0.25) is 0 Å². The van der Waals surface area contributed by atoms with Crippen molar-refractivity contribution in [3.05, 3.63) is 23.7 Å². The number of carbonyl (C=O) groups excluding carboxylic acids is 1. The van der Waals surface area contributed by atoms with Gasteiger partial charge >= 0.3 is 0 Å². The van der Waals surface area contributed by atoms with Crippen LogP contribution in [0.15, 0.2) is 16.5 Å². The van der Waals surface area contributed by atoms with Crippen LogP contribution in [0.1, 0.15) is 24.4 Å². The van der Waals surface area contributed by atoms with E-state index in [1.165, 1.54) is 0 Å². The van der Waals surface area contributed by atoms with E-state index < -0.39 is 0 Å². The van der Waals surface area contributed by atoms with Gasteiger partial charge in [-0.15, -0.1) is 0 Å². The molecule has 3 heterocycles. The molecule has 0 bridgehead atoms. The Labute approximate surface area is 132 Å². The molecular weight excluding hydrogens is 280 g/mol. The predicted molar refractivity (Wildman–Crippen MR) is 83.4 cm³/mol. The van der Waals surface area contributed by atoms with Crippen molar-refractivity contribution in [1.82, 2.24) is 9.80 Å². The number of fused-ring (bicyclic) bond motifs is 1. The zero-order valence-corrected chi connectivity index (χ0v) is 13.7. The Kier molecular flexibility index (Phi) is 4.54. The van der Waals surface area contributed by atoms with E-state index in [1.54, 1.807) is 4.90 Å². The number of carbonyl (C=O) groups is 1. The van der Waals surface area contributed by atoms with Crippen molar-refractivity contribution in [3.8, 4) is 0 Å². The third-order valence-corrected chi connectivity index (χ3v) is 4.81. The molecular formula is C17H26N2O3. The molecule has 2 fully saturated rings. The molecule has 0 N–H and O–H groups in total. The highest BCUT2D eigenvalue weighted by atomic mass is 16.5. The minimum Gasteiger partial charge on any atom is -0.465 e. The van der Waals surface area contributed by atoms with Crippen molar-refractivity contribution in [2.75, 3.05) is 33.8 Å². The Morgan fingerprint density at radius 1 is 1.41 bits per heavy atom. The topological polar surface area (TPSA) is 45.9 Å². The van der Waals surface area contributed by atoms with Gasteiger partial charge in [-0.1, -0.05) is 0 Å². The van der Waals surface area contributed by atoms with Crippen molar-refractivity contribution < 1.29 is 13.9 Å². The minimum absolute atomic E-state index is 0.0158. The summed E-state index contributed by atoms with van der Waals surface area (Å²) in [6, 6.07) is 4.06. The summed E-state index contributed by atoms with van der Waals surface area (Å²) < 4.78 is 11.7. The first-order valence-corrected chi connectivity index (χ1v) is 8.13. The molecule has 2 aliphatic heterocycles. The van der Waals surface area contributed by atoms with Crippen molar-refractivity contribution in [2.45, 2.75) is 32.4 Å². The van der Waals surface area contributed by atoms with Crippen molar-refractivity contribution >= 4 is 5.91 Å². The van der Waals surface area contributed by atoms with Crippen molar-refractivity contribution in [2.24, 2.45) is 11.8 Å². The van der Waals surface area contributed by atoms with E-state index in [0.29, 0.717) is 18.6 Å². The first kappa shape index (κ1) is 15.6. The second-order valence-electron chi connectivity index (χ2n) is 6.83. The zero-order valence-electron chi connectivity index (χ0n) is 13.7. The molecule has 1 aromatic rings. The highest BCUT2D eigenvalue weighted by Crippen LogP contribution is 2.32. The average Bonchev–Trinajstić information content (AvgIpc) is 2.90. The number of piperidine rings is 1. The van der Waals surface area contributed by atoms with Crippen LogP contribution >= 0.6 is 0 Å². The van der Waals surface area contributed by atoms with E-state index >= 15 is 0 Å². The summed E-state index contributed by atoms with van der Waals surface area (Å²) in [5.74, 6) is 2.64. The summed E-state index contributed by atoms with van der Waals surface area (Å²) in [5.41, 5.74) is 0. The van der Waals surface area contributed by atoms with Gasteiger partial charge in [-0.25, -0.2) is 0 Å². The van der Waals surface area contributed by atoms with E-state index in [-0.39, 0.29) is 11.8 Å². The van der Waals surface area contributed by atoms with Gasteiger partial charge in [0.05, 0.1) is 25.2 Å². The third kappa shape index (κ3) is 3.36. The molecule has 2 saturated heterocycles. The molecule has 22 heavy (non-hydrogen) atoms. The fourth-order valence-corrected chi connectivity index (χ4v) is 3.68. The summed E-state index contributed by atoms with van der Waals surface area (Å²) in [6.07, 6.45) is 2.31. The SMILES string of the molecule is Cc1ccc(CN2CC[C@H]3OC[C@@H](C(=O)N(C)C)C[C@H]3C2)o1. The Morgan fingerprint density at radius 2 is 2.23 bits per heavy atom. The third-order valence-electron chi connectivity index (χ3n) is 4.81. The van der Waals surface area contributed by atoms with E-state index in [9.17, 15) is 4.79 Å². The normalized spacial score (nSPS) is 29.1. The maximum absolute atomic E-state index is 12.2. The highest BCUT2D eigenvalue weighted by molar-refractivity contribution is 5.78. The lowest BCUT2D eigenvalue weighted by atomic mass is 9.83. The van der Waals surface area contributed by atoms with E-state index in [1.807, 2.05) is 27.1 Å². The molecule has 3 atom stereocenters. The van der Waals surface area contributed by atoms with Crippen LogP contribution in [0.3, 0.4) is 0 Å². The second-order valence-corrected chi connectivity index (χ2v) is 6.83. The van der Waals surface area contributed by atoms with Crippen LogP contribution in [0, 0.1) is 18.8 Å². The number of furan rings is 1. The number of hydrogen-bond donors (Lipinski definition) is 0. The van der Waals surface area contributed by atoms with Crippen LogP contribution in [-0.2, 0) is 16.1 Å². The molecule has 0 radical (unpaired) electrons. The number of likely N-dealkylation sites (tertiary alicyclic amines) is 1. The van der Waals surface area contributed by atoms with Crippen molar-refractivity contribution in [3.63, 3.8) is 0 Å². The quantitative estimate of drug-likeness (QED) is 0.856. The molecule has 122 valence electrons. The largest absolute Gasteiger partial charge is 0.465 e. The van der Waals surface area contributed by atoms with Gasteiger partial charge in [0.25, 0.3) is 0 Å². The number of ether oxygens (including phenoxy) is 1. The average molecular weight is 306 g/mol. The molecule has 0 unspecified atom stereocenters. The highest BCUT2D eigenvalue weighted by Gasteiger charge is 2.38. The minimum atomic E-state index is 0.0158. The molecule has 2 aliphatic rings. The van der Waals surface area contributed by atoms with Gasteiger partial charge in [-0.2, -0.15) is 0 Å². The fraction of sp³-hybridized carbons (Fsp3) is 0.706. The van der Waals surface area contributed by atoms with Crippen LogP contribution in [0.5, 0.6) is 0 Å². The fourth-order valence-electron chi connectivity index (χ4n) is 3.68. The predicted octanol–water partition coefficient (Wildman–Crippen LogP) is 1.90. The number of aryl methyl sites for hydroxylation is 1. The molecule has 0 aromatic carbocycles. The Morgan fingerprint density at radius 3 is 2.91 bits per heavy atom. The van der Waals surface area contributed by atoms with Gasteiger partial charge in [0.2, 0.25) is 5.91 Å². The Bertz CT molecular complexity index is 526. The maximum atomic E-state index is 12.2. The number of amides is 1. The first-order chi connectivity index (χ1) is 10.5. The number of hydrogen-bond acceptors (Lipinski definition) is 4. The molecule has 1 amide bonds. The van der Waals surface area contributed by atoms with Gasteiger partial charge in [0.1, 0.15) is 11.5 Å². The molecule has 0 aliphatic carbocycles. The molecule has 1 aromatic heterocycles. The van der Waals surface area contributed by atoms with Crippen LogP contribution < -0.4 is 0 Å². The summed E-state index contributed by atoms with van der Waals surface area (Å²) in [5, 5.41) is 0. The standard InChI is InChI=1S/C17H26N2O3/c1-12-4-5-15(22-12)10-19-7-6-16-13(9-19)8-14(11-21-16)17(20)18(2)3/h4-5,13-14,16H,6-11H2,1-3H3/t13-,14-,16+/m0/s1. The monoisotopic (exact) mass is 306 g/mol. The molecule has 5 nitrogen and oxygen atoms in total. The summed E-state index contributed by atoms with van der Waals surface area (Å²) in [7, 11) is 3.64. The van der Waals surface area contributed by atoms with Gasteiger partial charge in [0.15, 0.2) is 0 Å². The van der Waals surface area contributed by atoms with Crippen molar-refractivity contribution in [1.29, 1.82) is 0 Å². The molecule has 0 saturated carbocycles. The maximum Gasteiger partial charge on any atom is 0.227 e. The lowest BCUT2D eigenvalue weighted by Gasteiger charge is -2.43. The lowest BCUT2D eigenvalue weighted by Crippen LogP contribution is -2.50. The number of nitrogens with zero attached hydrogens (tertiary/aromatic N) is 2. The van der Waals surface area contributed by atoms with Crippen LogP contribution in [-0.4, -0.2) is 55.6 Å². The molecule has 0 spiro atoms. The van der Waals surface area contributed by atoms with Crippen LogP contribution in [0.4, 0.5) is 0 Å². The molecule has 3 rings (SSSR count). The van der Waals surface area contributed by atoms with Gasteiger partial charge in [-0.3, -0.25) is 9.69 Å². The second kappa shape index (κ2) is 6.42. The summed E-state index contributed by atoms with van der Waals surface area (Å²) >= 11 is 0. The summed E-state index contributed by atoms with van der Waals surface area (Å²) in [6.45, 7) is 5.43. The van der Waals surface area contributed by atoms with Gasteiger partial charge in [-0.05, 0) is 37.8 Å². The van der Waals surface area contributed by atoms with Gasteiger partial charge < -0.3 is 14.1 Å². The first-order valence-electron chi connectivity index (χ1n) is 8.13. The number of rotatable bonds is 3. The Balaban J connectivity index is 1.58. The van der Waals surface area contributed by atoms with E-state index in [0.717, 1.165) is 44.0 Å². The van der Waals surface area contributed by atoms with E-state index in [2.05, 4.69) is 11.0 Å². The summed E-state index contributed by atoms with van der Waals surface area (Å²) in [4.78, 5) is 16.3. The lowest BCUT2D eigenvalue weighted by molar-refractivity contribution is -0.146. The zero-order chi connectivity index (χ0) is 15.7. The van der Waals surface area contributed by atoms with E-state index in [4.69, 9.17) is 9.15 Å². The Hall–Kier alpha value is -1.33. The smallest absolute Gasteiger partial charge is 0.227 e.